The van der Waals surface area contributed by atoms with Gasteiger partial charge in [-0.2, -0.15) is 0 Å². The van der Waals surface area contributed by atoms with Gasteiger partial charge in [0, 0.05) is 80.8 Å². The number of hydrogen-bond acceptors (Lipinski definition) is 7. The number of benzene rings is 2. The second-order valence-electron chi connectivity index (χ2n) is 16.1. The Morgan fingerprint density at radius 3 is 2.81 bits per heavy atom. The molecule has 2 fully saturated rings. The monoisotopic (exact) mass is 750 g/mol. The second kappa shape index (κ2) is 16.5. The maximum absolute atomic E-state index is 13.8. The fraction of sp³-hybridized carbons (Fsp3) is 0.619. The Hall–Kier alpha value is -2.40. The number of methoxy groups -OCH3 is 1. The summed E-state index contributed by atoms with van der Waals surface area (Å²) in [5.41, 5.74) is 3.75. The summed E-state index contributed by atoms with van der Waals surface area (Å²) in [5, 5.41) is 4.57. The number of nitrogens with zero attached hydrogens (tertiary/aromatic N) is 2. The van der Waals surface area contributed by atoms with E-state index >= 15 is 0 Å². The highest BCUT2D eigenvalue weighted by atomic mass is 35.5. The topological polar surface area (TPSA) is 75.3 Å². The minimum Gasteiger partial charge on any atom is -0.490 e. The van der Waals surface area contributed by atoms with Gasteiger partial charge in [0.05, 0.1) is 18.9 Å². The van der Waals surface area contributed by atoms with Crippen LogP contribution in [0.25, 0.3) is 0 Å². The van der Waals surface area contributed by atoms with Crippen molar-refractivity contribution in [1.29, 1.82) is 0 Å². The lowest BCUT2D eigenvalue weighted by molar-refractivity contribution is -0.0921. The third kappa shape index (κ3) is 8.01. The van der Waals surface area contributed by atoms with Crippen LogP contribution in [0.15, 0.2) is 48.6 Å². The molecule has 7 atom stereocenters. The van der Waals surface area contributed by atoms with Crippen LogP contribution in [-0.4, -0.2) is 100 Å². The van der Waals surface area contributed by atoms with Crippen molar-refractivity contribution >= 4 is 39.7 Å². The summed E-state index contributed by atoms with van der Waals surface area (Å²) in [5.74, 6) is 6.33. The number of ether oxygens (including phenoxy) is 3. The van der Waals surface area contributed by atoms with Crippen molar-refractivity contribution in [2.45, 2.75) is 75.1 Å². The number of fused-ring (bicyclic) bond motifs is 4. The highest BCUT2D eigenvalue weighted by molar-refractivity contribution is 8.13. The molecule has 284 valence electrons. The van der Waals surface area contributed by atoms with Gasteiger partial charge in [0.1, 0.15) is 11.4 Å². The zero-order valence-corrected chi connectivity index (χ0v) is 33.0. The van der Waals surface area contributed by atoms with Crippen molar-refractivity contribution in [3.05, 3.63) is 70.3 Å². The SMILES string of the molecule is C=S1NC(=O)c2ccc3c(c2)N(CC2CCC2[C@](CN2CCCOCCNCC2)(OC)/C=C/CC(C)C1C)C[C@@]1(CCCc2cc(Cl)ccc21)CO3. The van der Waals surface area contributed by atoms with Crippen LogP contribution >= 0.6 is 22.3 Å². The van der Waals surface area contributed by atoms with E-state index in [-0.39, 0.29) is 16.6 Å². The van der Waals surface area contributed by atoms with Crippen LogP contribution in [0.4, 0.5) is 5.69 Å². The van der Waals surface area contributed by atoms with Gasteiger partial charge in [-0.15, -0.1) is 0 Å². The van der Waals surface area contributed by atoms with Gasteiger partial charge in [-0.25, -0.2) is 0 Å². The Bertz CT molecular complexity index is 1630. The number of amides is 1. The number of hydrogen-bond donors (Lipinski definition) is 2. The Morgan fingerprint density at radius 2 is 1.98 bits per heavy atom. The number of rotatable bonds is 3. The average Bonchev–Trinajstić information content (AvgIpc) is 3.28. The lowest BCUT2D eigenvalue weighted by atomic mass is 9.63. The van der Waals surface area contributed by atoms with E-state index in [1.807, 2.05) is 25.3 Å². The van der Waals surface area contributed by atoms with Gasteiger partial charge < -0.3 is 29.1 Å². The van der Waals surface area contributed by atoms with Crippen molar-refractivity contribution in [3.63, 3.8) is 0 Å². The molecule has 2 aliphatic carbocycles. The van der Waals surface area contributed by atoms with E-state index < -0.39 is 16.3 Å². The molecule has 1 spiro atoms. The van der Waals surface area contributed by atoms with Gasteiger partial charge in [0.25, 0.3) is 5.91 Å². The van der Waals surface area contributed by atoms with E-state index in [1.165, 1.54) is 11.1 Å². The zero-order chi connectivity index (χ0) is 36.3. The molecular weight excluding hydrogens is 692 g/mol. The molecule has 2 aromatic rings. The largest absolute Gasteiger partial charge is 0.490 e. The number of halogens is 1. The molecule has 3 aliphatic heterocycles. The van der Waals surface area contributed by atoms with Gasteiger partial charge in [-0.3, -0.25) is 9.69 Å². The first kappa shape index (κ1) is 37.9. The molecule has 7 rings (SSSR count). The fourth-order valence-electron chi connectivity index (χ4n) is 9.39. The summed E-state index contributed by atoms with van der Waals surface area (Å²) in [6, 6.07) is 12.4. The van der Waals surface area contributed by atoms with E-state index in [9.17, 15) is 4.79 Å². The van der Waals surface area contributed by atoms with Crippen LogP contribution in [0.1, 0.15) is 73.9 Å². The Morgan fingerprint density at radius 1 is 1.10 bits per heavy atom. The number of nitrogens with one attached hydrogen (secondary N) is 2. The minimum absolute atomic E-state index is 0.0704. The smallest absolute Gasteiger partial charge is 0.260 e. The highest BCUT2D eigenvalue weighted by Gasteiger charge is 2.49. The van der Waals surface area contributed by atoms with E-state index in [4.69, 9.17) is 25.8 Å². The molecule has 5 aliphatic rings. The summed E-state index contributed by atoms with van der Waals surface area (Å²) in [4.78, 5) is 19.0. The van der Waals surface area contributed by atoms with E-state index in [1.54, 1.807) is 0 Å². The predicted octanol–water partition coefficient (Wildman–Crippen LogP) is 6.87. The third-order valence-electron chi connectivity index (χ3n) is 12.8. The molecule has 52 heavy (non-hydrogen) atoms. The second-order valence-corrected chi connectivity index (χ2v) is 18.3. The van der Waals surface area contributed by atoms with Crippen LogP contribution in [0, 0.1) is 17.8 Å². The van der Waals surface area contributed by atoms with Gasteiger partial charge in [0.15, 0.2) is 0 Å². The third-order valence-corrected chi connectivity index (χ3v) is 14.9. The van der Waals surface area contributed by atoms with Crippen LogP contribution in [0.2, 0.25) is 5.02 Å². The molecular formula is C42H59ClN4O4S. The maximum atomic E-state index is 13.8. The van der Waals surface area contributed by atoms with Crippen LogP contribution in [0.3, 0.4) is 0 Å². The van der Waals surface area contributed by atoms with Gasteiger partial charge in [-0.05, 0) is 104 Å². The van der Waals surface area contributed by atoms with Gasteiger partial charge >= 0.3 is 0 Å². The molecule has 0 aromatic heterocycles. The van der Waals surface area contributed by atoms with Crippen molar-refractivity contribution < 1.29 is 19.0 Å². The lowest BCUT2D eigenvalue weighted by Crippen LogP contribution is -2.57. The quantitative estimate of drug-likeness (QED) is 0.262. The molecule has 2 N–H and O–H groups in total. The van der Waals surface area contributed by atoms with Crippen molar-refractivity contribution in [3.8, 4) is 5.75 Å². The summed E-state index contributed by atoms with van der Waals surface area (Å²) in [6.45, 7) is 13.0. The number of anilines is 1. The molecule has 1 amide bonds. The Balaban J connectivity index is 1.28. The summed E-state index contributed by atoms with van der Waals surface area (Å²) >= 11 is 6.53. The number of carbonyl (C=O) groups is 1. The predicted molar refractivity (Wildman–Crippen MR) is 215 cm³/mol. The standard InChI is InChI=1S/C42H59ClN4O4S/c1-30-8-5-17-42(49-3,28-46-20-7-22-50-23-19-44-18-21-46)37-13-10-34(37)26-47-27-41(16-6-9-32-24-35(43)12-14-36(32)41)29-51-39-15-11-33(25-38(39)47)40(48)45-52(4)31(30)2/h5,11-12,14-15,17,24-25,30-31,34,37,44H,4,6-10,13,16,18-23,26-29H2,1-3H3,(H,45,48)/b17-5+/t30?,31?,34?,37?,41-,42-,52?/m0/s1. The Labute approximate surface area is 319 Å². The molecule has 3 heterocycles. The number of carbonyl (C=O) groups excluding carboxylic acids is 1. The molecule has 2 bridgehead atoms. The fourth-order valence-corrected chi connectivity index (χ4v) is 10.8. The van der Waals surface area contributed by atoms with Crippen molar-refractivity contribution in [2.75, 3.05) is 77.6 Å². The molecule has 8 nitrogen and oxygen atoms in total. The first-order valence-corrected chi connectivity index (χ1v) is 21.4. The normalized spacial score (nSPS) is 34.1. The highest BCUT2D eigenvalue weighted by Crippen LogP contribution is 2.49. The average molecular weight is 751 g/mol. The lowest BCUT2D eigenvalue weighted by Gasteiger charge is -2.52. The Kier molecular flexibility index (Phi) is 12.1. The molecule has 0 radical (unpaired) electrons. The zero-order valence-electron chi connectivity index (χ0n) is 31.5. The van der Waals surface area contributed by atoms with Crippen molar-refractivity contribution in [1.82, 2.24) is 14.9 Å². The van der Waals surface area contributed by atoms with E-state index in [0.717, 1.165) is 120 Å². The van der Waals surface area contributed by atoms with Crippen LogP contribution in [-0.2, 0) is 21.3 Å². The van der Waals surface area contributed by atoms with E-state index in [2.05, 4.69) is 69.9 Å². The molecule has 2 aromatic carbocycles. The maximum Gasteiger partial charge on any atom is 0.260 e. The number of aryl methyl sites for hydroxylation is 1. The molecule has 1 saturated heterocycles. The van der Waals surface area contributed by atoms with Crippen LogP contribution < -0.4 is 19.7 Å². The molecule has 10 heteroatoms. The number of allylic oxidation sites excluding steroid dienone is 1. The molecule has 1 saturated carbocycles. The minimum atomic E-state index is -0.551. The molecule has 5 unspecified atom stereocenters. The van der Waals surface area contributed by atoms with E-state index in [0.29, 0.717) is 29.9 Å². The van der Waals surface area contributed by atoms with Gasteiger partial charge in [-0.1, -0.05) is 60.2 Å². The summed E-state index contributed by atoms with van der Waals surface area (Å²) in [6.07, 6.45) is 12.1. The first-order chi connectivity index (χ1) is 25.2. The summed E-state index contributed by atoms with van der Waals surface area (Å²) < 4.78 is 22.7. The summed E-state index contributed by atoms with van der Waals surface area (Å²) in [7, 11) is 1.38. The van der Waals surface area contributed by atoms with Gasteiger partial charge in [0.2, 0.25) is 0 Å². The van der Waals surface area contributed by atoms with Crippen molar-refractivity contribution in [2.24, 2.45) is 17.8 Å². The first-order valence-electron chi connectivity index (χ1n) is 19.6. The van der Waals surface area contributed by atoms with Crippen LogP contribution in [0.5, 0.6) is 5.75 Å².